The molecule has 1 aliphatic heterocycles. The largest absolute Gasteiger partial charge is 0.431 e. The molecule has 1 fully saturated rings. The van der Waals surface area contributed by atoms with E-state index in [1.165, 1.54) is 12.3 Å². The Hall–Kier alpha value is -3.61. The minimum atomic E-state index is -4.82. The van der Waals surface area contributed by atoms with Crippen LogP contribution < -0.4 is 5.32 Å². The van der Waals surface area contributed by atoms with Gasteiger partial charge in [-0.2, -0.15) is 23.5 Å². The van der Waals surface area contributed by atoms with E-state index in [1.54, 1.807) is 4.68 Å². The van der Waals surface area contributed by atoms with Gasteiger partial charge in [0.15, 0.2) is 0 Å². The molecule has 3 aromatic rings. The van der Waals surface area contributed by atoms with E-state index in [2.05, 4.69) is 21.1 Å². The van der Waals surface area contributed by atoms with Crippen LogP contribution in [-0.4, -0.2) is 27.0 Å². The molecule has 7 nitrogen and oxygen atoms in total. The predicted molar refractivity (Wildman–Crippen MR) is 109 cm³/mol. The molecule has 0 saturated heterocycles. The summed E-state index contributed by atoms with van der Waals surface area (Å²) in [5, 5.41) is 17.1. The fourth-order valence-electron chi connectivity index (χ4n) is 4.55. The van der Waals surface area contributed by atoms with Crippen molar-refractivity contribution in [3.8, 4) is 17.3 Å². The third-order valence-corrected chi connectivity index (χ3v) is 6.23. The van der Waals surface area contributed by atoms with Gasteiger partial charge in [0.1, 0.15) is 11.5 Å². The summed E-state index contributed by atoms with van der Waals surface area (Å²) in [6.45, 7) is 1.92. The van der Waals surface area contributed by atoms with Crippen molar-refractivity contribution in [2.75, 3.05) is 5.32 Å². The fourth-order valence-corrected chi connectivity index (χ4v) is 4.55. The first-order chi connectivity index (χ1) is 15.2. The van der Waals surface area contributed by atoms with Gasteiger partial charge in [0.2, 0.25) is 6.10 Å². The van der Waals surface area contributed by atoms with Gasteiger partial charge >= 0.3 is 12.3 Å². The molecule has 10 heteroatoms. The summed E-state index contributed by atoms with van der Waals surface area (Å²) >= 11 is 0. The Balaban J connectivity index is 1.79. The maximum atomic E-state index is 13.8. The number of carbonyl (C=O) groups excluding carboxylic acids is 1. The second-order valence-electron chi connectivity index (χ2n) is 8.27. The standard InChI is InChI=1S/C22H18F3N5O2/c1-12-3-4-13-15(11-12)30(21(8-9-26)6-2-7-21)29-17(13)14-5-10-27-19-16(14)18(22(23,24)25)32-20(31)28-19/h3-5,10-11,18H,2,6-8H2,1H3,(H,27,28,31)/t18-/m1/s1. The molecule has 2 aromatic heterocycles. The number of pyridine rings is 1. The number of nitriles is 1. The molecule has 32 heavy (non-hydrogen) atoms. The van der Waals surface area contributed by atoms with Gasteiger partial charge in [-0.05, 0) is 43.9 Å². The minimum Gasteiger partial charge on any atom is -0.431 e. The number of rotatable bonds is 3. The van der Waals surface area contributed by atoms with E-state index in [-0.39, 0.29) is 23.4 Å². The van der Waals surface area contributed by atoms with Crippen LogP contribution in [0.5, 0.6) is 0 Å². The van der Waals surface area contributed by atoms with Crippen LogP contribution in [0.4, 0.5) is 23.8 Å². The number of hydrogen-bond acceptors (Lipinski definition) is 5. The molecule has 1 N–H and O–H groups in total. The van der Waals surface area contributed by atoms with Crippen molar-refractivity contribution in [3.05, 3.63) is 41.6 Å². The minimum absolute atomic E-state index is 0.177. The number of halogens is 3. The third kappa shape index (κ3) is 2.99. The summed E-state index contributed by atoms with van der Waals surface area (Å²) in [4.78, 5) is 15.6. The average molecular weight is 441 g/mol. The zero-order chi connectivity index (χ0) is 22.7. The SMILES string of the molecule is Cc1ccc2c(-c3ccnc4c3[C@H](C(F)(F)F)OC(=O)N4)nn(C3(CC#N)CCC3)c2c1. The number of nitrogens with zero attached hydrogens (tertiary/aromatic N) is 4. The third-order valence-electron chi connectivity index (χ3n) is 6.23. The molecule has 0 bridgehead atoms. The summed E-state index contributed by atoms with van der Waals surface area (Å²) in [6, 6.07) is 9.29. The van der Waals surface area contributed by atoms with E-state index in [1.807, 2.05) is 25.1 Å². The van der Waals surface area contributed by atoms with E-state index in [0.717, 1.165) is 30.3 Å². The van der Waals surface area contributed by atoms with E-state index in [4.69, 9.17) is 5.10 Å². The number of hydrogen-bond donors (Lipinski definition) is 1. The maximum absolute atomic E-state index is 13.8. The Morgan fingerprint density at radius 3 is 2.78 bits per heavy atom. The summed E-state index contributed by atoms with van der Waals surface area (Å²) < 4.78 is 47.9. The number of nitrogens with one attached hydrogen (secondary N) is 1. The highest BCUT2D eigenvalue weighted by molar-refractivity contribution is 5.97. The number of aromatic nitrogens is 3. The topological polar surface area (TPSA) is 92.8 Å². The van der Waals surface area contributed by atoms with Gasteiger partial charge in [0.05, 0.1) is 29.1 Å². The second kappa shape index (κ2) is 6.95. The number of aryl methyl sites for hydroxylation is 1. The number of anilines is 1. The van der Waals surface area contributed by atoms with Gasteiger partial charge in [-0.25, -0.2) is 9.78 Å². The Kier molecular flexibility index (Phi) is 4.41. The van der Waals surface area contributed by atoms with Gasteiger partial charge in [0, 0.05) is 17.1 Å². The van der Waals surface area contributed by atoms with Crippen LogP contribution in [0.25, 0.3) is 22.2 Å². The highest BCUT2D eigenvalue weighted by Crippen LogP contribution is 2.48. The second-order valence-corrected chi connectivity index (χ2v) is 8.27. The molecule has 1 amide bonds. The van der Waals surface area contributed by atoms with Crippen molar-refractivity contribution in [1.82, 2.24) is 14.8 Å². The van der Waals surface area contributed by atoms with Crippen LogP contribution >= 0.6 is 0 Å². The Morgan fingerprint density at radius 1 is 1.34 bits per heavy atom. The lowest BCUT2D eigenvalue weighted by Gasteiger charge is -2.40. The van der Waals surface area contributed by atoms with Gasteiger partial charge in [-0.1, -0.05) is 12.1 Å². The Labute approximate surface area is 180 Å². The maximum Gasteiger partial charge on any atom is 0.430 e. The number of amides is 1. The summed E-state index contributed by atoms with van der Waals surface area (Å²) in [5.41, 5.74) is 1.46. The monoisotopic (exact) mass is 441 g/mol. The van der Waals surface area contributed by atoms with Crippen molar-refractivity contribution >= 4 is 22.8 Å². The molecule has 0 spiro atoms. The number of cyclic esters (lactones) is 1. The zero-order valence-corrected chi connectivity index (χ0v) is 17.0. The smallest absolute Gasteiger partial charge is 0.430 e. The molecule has 1 aromatic carbocycles. The van der Waals surface area contributed by atoms with Gasteiger partial charge in [-0.3, -0.25) is 10.00 Å². The van der Waals surface area contributed by atoms with Gasteiger partial charge in [0.25, 0.3) is 0 Å². The lowest BCUT2D eigenvalue weighted by atomic mass is 9.74. The van der Waals surface area contributed by atoms with E-state index >= 15 is 0 Å². The highest BCUT2D eigenvalue weighted by atomic mass is 19.4. The first-order valence-electron chi connectivity index (χ1n) is 10.1. The molecule has 0 radical (unpaired) electrons. The number of carbonyl (C=O) groups is 1. The molecule has 1 atom stereocenters. The highest BCUT2D eigenvalue weighted by Gasteiger charge is 2.50. The molecule has 3 heterocycles. The van der Waals surface area contributed by atoms with Crippen LogP contribution in [0.2, 0.25) is 0 Å². The van der Waals surface area contributed by atoms with Crippen molar-refractivity contribution < 1.29 is 22.7 Å². The quantitative estimate of drug-likeness (QED) is 0.590. The molecule has 1 aliphatic carbocycles. The summed E-state index contributed by atoms with van der Waals surface area (Å²) in [7, 11) is 0. The number of ether oxygens (including phenoxy) is 1. The average Bonchev–Trinajstić information content (AvgIpc) is 3.07. The number of fused-ring (bicyclic) bond motifs is 2. The van der Waals surface area contributed by atoms with Gasteiger partial charge < -0.3 is 4.74 Å². The number of benzene rings is 1. The molecule has 2 aliphatic rings. The fraction of sp³-hybridized carbons (Fsp3) is 0.364. The lowest BCUT2D eigenvalue weighted by molar-refractivity contribution is -0.206. The first-order valence-corrected chi connectivity index (χ1v) is 10.1. The van der Waals surface area contributed by atoms with Crippen LogP contribution in [0.15, 0.2) is 30.5 Å². The molecule has 0 unspecified atom stereocenters. The van der Waals surface area contributed by atoms with Crippen LogP contribution in [0, 0.1) is 18.3 Å². The predicted octanol–water partition coefficient (Wildman–Crippen LogP) is 5.37. The van der Waals surface area contributed by atoms with Crippen LogP contribution in [0.1, 0.15) is 42.9 Å². The van der Waals surface area contributed by atoms with Crippen LogP contribution in [-0.2, 0) is 10.3 Å². The van der Waals surface area contributed by atoms with Crippen molar-refractivity contribution in [2.24, 2.45) is 0 Å². The Morgan fingerprint density at radius 2 is 2.12 bits per heavy atom. The molecule has 164 valence electrons. The lowest BCUT2D eigenvalue weighted by Crippen LogP contribution is -2.41. The van der Waals surface area contributed by atoms with Crippen molar-refractivity contribution in [2.45, 2.75) is 50.4 Å². The summed E-state index contributed by atoms with van der Waals surface area (Å²) in [6.07, 6.45) is -4.42. The van der Waals surface area contributed by atoms with E-state index in [9.17, 15) is 23.2 Å². The Bertz CT molecular complexity index is 1290. The zero-order valence-electron chi connectivity index (χ0n) is 17.0. The van der Waals surface area contributed by atoms with E-state index in [0.29, 0.717) is 11.1 Å². The summed E-state index contributed by atoms with van der Waals surface area (Å²) in [5.74, 6) is -0.203. The van der Waals surface area contributed by atoms with Crippen LogP contribution in [0.3, 0.4) is 0 Å². The van der Waals surface area contributed by atoms with Crippen molar-refractivity contribution in [3.63, 3.8) is 0 Å². The first kappa shape index (κ1) is 20.3. The molecular formula is C22H18F3N5O2. The molecular weight excluding hydrogens is 423 g/mol. The van der Waals surface area contributed by atoms with Crippen molar-refractivity contribution in [1.29, 1.82) is 5.26 Å². The van der Waals surface area contributed by atoms with Gasteiger partial charge in [-0.15, -0.1) is 0 Å². The normalized spacial score (nSPS) is 19.5. The number of alkyl halides is 3. The molecule has 1 saturated carbocycles. The van der Waals surface area contributed by atoms with E-state index < -0.39 is 23.9 Å². The molecule has 5 rings (SSSR count).